The summed E-state index contributed by atoms with van der Waals surface area (Å²) in [7, 11) is -3.49. The van der Waals surface area contributed by atoms with Crippen LogP contribution in [0, 0.1) is 5.92 Å². The Balaban J connectivity index is 0.00000320. The zero-order valence-corrected chi connectivity index (χ0v) is 21.2. The van der Waals surface area contributed by atoms with Crippen LogP contribution in [-0.4, -0.2) is 72.0 Å². The van der Waals surface area contributed by atoms with Gasteiger partial charge in [-0.05, 0) is 30.7 Å². The molecule has 0 bridgehead atoms. The second-order valence-corrected chi connectivity index (χ2v) is 10.6. The van der Waals surface area contributed by atoms with Gasteiger partial charge in [0.05, 0.1) is 30.8 Å². The van der Waals surface area contributed by atoms with E-state index >= 15 is 0 Å². The maximum Gasteiger partial charge on any atom is 0.194 e. The molecular formula is C19H30IN5O3S2. The van der Waals surface area contributed by atoms with Gasteiger partial charge in [-0.2, -0.15) is 0 Å². The van der Waals surface area contributed by atoms with Gasteiger partial charge in [-0.1, -0.05) is 13.0 Å². The third-order valence-corrected chi connectivity index (χ3v) is 8.41. The van der Waals surface area contributed by atoms with Crippen LogP contribution in [0.2, 0.25) is 0 Å². The predicted octanol–water partition coefficient (Wildman–Crippen LogP) is 2.25. The molecule has 0 aliphatic carbocycles. The molecule has 2 aromatic heterocycles. The minimum atomic E-state index is -3.49. The van der Waals surface area contributed by atoms with Crippen molar-refractivity contribution in [2.45, 2.75) is 36.6 Å². The van der Waals surface area contributed by atoms with Crippen LogP contribution in [0.25, 0.3) is 0 Å². The molecule has 168 valence electrons. The van der Waals surface area contributed by atoms with Gasteiger partial charge in [0.1, 0.15) is 4.21 Å². The second-order valence-electron chi connectivity index (χ2n) is 7.35. The molecule has 3 atom stereocenters. The van der Waals surface area contributed by atoms with Crippen molar-refractivity contribution in [1.29, 1.82) is 0 Å². The van der Waals surface area contributed by atoms with Crippen LogP contribution in [0.1, 0.15) is 26.3 Å². The molecule has 2 aromatic rings. The molecule has 0 radical (unpaired) electrons. The number of nitrogens with one attached hydrogen (secondary N) is 1. The summed E-state index contributed by atoms with van der Waals surface area (Å²) in [6, 6.07) is 3.55. The van der Waals surface area contributed by atoms with E-state index in [1.54, 1.807) is 23.7 Å². The molecule has 0 saturated carbocycles. The summed E-state index contributed by atoms with van der Waals surface area (Å²) in [6.07, 6.45) is 5.57. The first-order valence-electron chi connectivity index (χ1n) is 9.85. The quantitative estimate of drug-likeness (QED) is 0.303. The number of aliphatic imine (C=N–C) groups is 1. The lowest BCUT2D eigenvalue weighted by molar-refractivity contribution is 0.185. The van der Waals surface area contributed by atoms with E-state index in [0.29, 0.717) is 24.5 Å². The molecule has 8 nitrogen and oxygen atoms in total. The number of nitrogens with zero attached hydrogens (tertiary/aromatic N) is 4. The number of sulfone groups is 1. The highest BCUT2D eigenvalue weighted by Gasteiger charge is 2.29. The molecule has 3 unspecified atom stereocenters. The lowest BCUT2D eigenvalue weighted by atomic mass is 9.93. The van der Waals surface area contributed by atoms with E-state index in [1.165, 1.54) is 0 Å². The fraction of sp³-hybridized carbons (Fsp3) is 0.579. The maximum absolute atomic E-state index is 12.4. The molecule has 0 spiro atoms. The number of halogens is 1. The van der Waals surface area contributed by atoms with Crippen molar-refractivity contribution in [3.63, 3.8) is 0 Å². The van der Waals surface area contributed by atoms with E-state index in [0.717, 1.165) is 30.8 Å². The number of rotatable bonds is 7. The zero-order chi connectivity index (χ0) is 20.9. The second kappa shape index (κ2) is 11.4. The Hall–Kier alpha value is -1.18. The zero-order valence-electron chi connectivity index (χ0n) is 17.2. The first kappa shape index (κ1) is 25.1. The molecule has 3 rings (SSSR count). The van der Waals surface area contributed by atoms with Gasteiger partial charge >= 0.3 is 0 Å². The van der Waals surface area contributed by atoms with Crippen LogP contribution < -0.4 is 5.32 Å². The topological polar surface area (TPSA) is 99.8 Å². The van der Waals surface area contributed by atoms with E-state index in [9.17, 15) is 13.5 Å². The highest BCUT2D eigenvalue weighted by Crippen LogP contribution is 2.27. The van der Waals surface area contributed by atoms with Crippen LogP contribution in [0.15, 0.2) is 45.4 Å². The van der Waals surface area contributed by atoms with Gasteiger partial charge in [-0.3, -0.25) is 4.99 Å². The van der Waals surface area contributed by atoms with Crippen LogP contribution >= 0.6 is 35.3 Å². The molecule has 11 heteroatoms. The van der Waals surface area contributed by atoms with E-state index in [4.69, 9.17) is 0 Å². The molecule has 1 saturated heterocycles. The van der Waals surface area contributed by atoms with E-state index in [-0.39, 0.29) is 40.5 Å². The number of hydrogen-bond donors (Lipinski definition) is 2. The Labute approximate surface area is 199 Å². The maximum atomic E-state index is 12.4. The first-order chi connectivity index (χ1) is 13.9. The summed E-state index contributed by atoms with van der Waals surface area (Å²) in [5.41, 5.74) is 0. The summed E-state index contributed by atoms with van der Waals surface area (Å²) in [5.74, 6) is 0.896. The fourth-order valence-corrected chi connectivity index (χ4v) is 6.01. The van der Waals surface area contributed by atoms with Gasteiger partial charge in [0, 0.05) is 32.0 Å². The smallest absolute Gasteiger partial charge is 0.194 e. The van der Waals surface area contributed by atoms with Crippen molar-refractivity contribution < 1.29 is 13.5 Å². The number of aliphatic hydroxyl groups excluding tert-OH is 1. The number of guanidine groups is 1. The summed E-state index contributed by atoms with van der Waals surface area (Å²) in [4.78, 5) is 10.9. The summed E-state index contributed by atoms with van der Waals surface area (Å²) in [6.45, 7) is 6.62. The lowest BCUT2D eigenvalue weighted by Gasteiger charge is -2.39. The minimum absolute atomic E-state index is 0. The monoisotopic (exact) mass is 567 g/mol. The van der Waals surface area contributed by atoms with Gasteiger partial charge in [0.15, 0.2) is 15.8 Å². The normalized spacial score (nSPS) is 21.2. The third kappa shape index (κ3) is 6.41. The molecule has 30 heavy (non-hydrogen) atoms. The van der Waals surface area contributed by atoms with Crippen LogP contribution in [-0.2, 0) is 9.84 Å². The minimum Gasteiger partial charge on any atom is -0.390 e. The third-order valence-electron chi connectivity index (χ3n) is 5.13. The molecule has 0 aromatic carbocycles. The number of imidazole rings is 1. The average molecular weight is 568 g/mol. The standard InChI is InChI=1S/C19H29N5O3S2.HI/c1-3-21-19(22-11-16(25)13-29(26,27)18-5-4-10-28-18)23-8-6-15(2)17(12-23)24-9-7-20-14-24;/h4-5,7,9-10,14-17,25H,3,6,8,11-13H2,1-2H3,(H,21,22);1H. The molecule has 1 aliphatic rings. The van der Waals surface area contributed by atoms with Gasteiger partial charge in [-0.15, -0.1) is 35.3 Å². The predicted molar refractivity (Wildman–Crippen MR) is 130 cm³/mol. The van der Waals surface area contributed by atoms with Crippen molar-refractivity contribution in [2.75, 3.05) is 31.9 Å². The van der Waals surface area contributed by atoms with Crippen molar-refractivity contribution in [1.82, 2.24) is 19.8 Å². The Morgan fingerprint density at radius 3 is 2.93 bits per heavy atom. The van der Waals surface area contributed by atoms with Crippen LogP contribution in [0.3, 0.4) is 0 Å². The van der Waals surface area contributed by atoms with Crippen molar-refractivity contribution >= 4 is 51.1 Å². The summed E-state index contributed by atoms with van der Waals surface area (Å²) in [5, 5.41) is 15.3. The Kier molecular flexibility index (Phi) is 9.57. The lowest BCUT2D eigenvalue weighted by Crippen LogP contribution is -2.49. The van der Waals surface area contributed by atoms with E-state index in [1.807, 2.05) is 19.4 Å². The van der Waals surface area contributed by atoms with Crippen molar-refractivity contribution in [3.05, 3.63) is 36.2 Å². The fourth-order valence-electron chi connectivity index (χ4n) is 3.54. The number of likely N-dealkylation sites (tertiary alicyclic amines) is 1. The molecule has 1 aliphatic heterocycles. The molecular weight excluding hydrogens is 537 g/mol. The van der Waals surface area contributed by atoms with Crippen molar-refractivity contribution in [3.8, 4) is 0 Å². The summed E-state index contributed by atoms with van der Waals surface area (Å²) >= 11 is 1.16. The first-order valence-corrected chi connectivity index (χ1v) is 12.4. The number of aliphatic hydroxyl groups is 1. The average Bonchev–Trinajstić information content (AvgIpc) is 3.39. The molecule has 3 heterocycles. The van der Waals surface area contributed by atoms with Gasteiger partial charge in [-0.25, -0.2) is 13.4 Å². The number of hydrogen-bond acceptors (Lipinski definition) is 6. The Morgan fingerprint density at radius 2 is 2.30 bits per heavy atom. The molecule has 0 amide bonds. The van der Waals surface area contributed by atoms with Gasteiger partial charge < -0.3 is 19.9 Å². The van der Waals surface area contributed by atoms with E-state index in [2.05, 4.69) is 31.7 Å². The van der Waals surface area contributed by atoms with Crippen LogP contribution in [0.4, 0.5) is 0 Å². The van der Waals surface area contributed by atoms with Crippen LogP contribution in [0.5, 0.6) is 0 Å². The van der Waals surface area contributed by atoms with Gasteiger partial charge in [0.25, 0.3) is 0 Å². The van der Waals surface area contributed by atoms with E-state index < -0.39 is 15.9 Å². The highest BCUT2D eigenvalue weighted by molar-refractivity contribution is 14.0. The molecule has 1 fully saturated rings. The number of thiophene rings is 1. The number of aromatic nitrogens is 2. The highest BCUT2D eigenvalue weighted by atomic mass is 127. The largest absolute Gasteiger partial charge is 0.390 e. The van der Waals surface area contributed by atoms with Gasteiger partial charge in [0.2, 0.25) is 0 Å². The molecule has 2 N–H and O–H groups in total. The number of piperidine rings is 1. The Morgan fingerprint density at radius 1 is 1.50 bits per heavy atom. The van der Waals surface area contributed by atoms with Crippen molar-refractivity contribution in [2.24, 2.45) is 10.9 Å². The summed E-state index contributed by atoms with van der Waals surface area (Å²) < 4.78 is 27.1. The SMILES string of the molecule is CCNC(=NCC(O)CS(=O)(=O)c1cccs1)N1CCC(C)C(n2ccnc2)C1.I. The Bertz CT molecular complexity index is 887.